The summed E-state index contributed by atoms with van der Waals surface area (Å²) in [5.74, 6) is 1.55. The molecule has 0 radical (unpaired) electrons. The number of rotatable bonds is 5. The number of aryl methyl sites for hydroxylation is 1. The van der Waals surface area contributed by atoms with Gasteiger partial charge in [-0.15, -0.1) is 0 Å². The lowest BCUT2D eigenvalue weighted by Crippen LogP contribution is -2.57. The lowest BCUT2D eigenvalue weighted by molar-refractivity contribution is -0.161. The van der Waals surface area contributed by atoms with Gasteiger partial charge in [0.1, 0.15) is 11.5 Å². The molecular formula is C34H40O6S. The zero-order chi connectivity index (χ0) is 29.2. The number of methoxy groups -OCH3 is 1. The standard InChI is InChI=1S/C34H40O6S/c1-21-5-12-27(13-6-21)41(37,38)40-26-15-16-33(2)24(19-26)9-14-28-29-18-23(17-22-7-10-25(39-4)11-8-22)32(36)34(29,3)20-30(35)31(28)33/h5-8,10-13,17,24,26,28-29,31H,9,14-16,18-20H2,1-4H3/b23-17+/t24-,26-,28-,29-,31+,33-,34-/m0/s1. The molecule has 7 atom stereocenters. The van der Waals surface area contributed by atoms with Gasteiger partial charge in [-0.3, -0.25) is 13.8 Å². The van der Waals surface area contributed by atoms with Crippen molar-refractivity contribution in [3.8, 4) is 5.75 Å². The van der Waals surface area contributed by atoms with Crippen molar-refractivity contribution in [1.82, 2.24) is 0 Å². The minimum absolute atomic E-state index is 0.0953. The lowest BCUT2D eigenvalue weighted by atomic mass is 9.45. The number of fused-ring (bicyclic) bond motifs is 5. The molecule has 4 aliphatic carbocycles. The minimum atomic E-state index is -3.85. The van der Waals surface area contributed by atoms with E-state index in [1.165, 1.54) is 0 Å². The highest BCUT2D eigenvalue weighted by atomic mass is 32.2. The molecule has 4 fully saturated rings. The fourth-order valence-electron chi connectivity index (χ4n) is 8.78. The van der Waals surface area contributed by atoms with Gasteiger partial charge in [-0.05, 0) is 110 Å². The summed E-state index contributed by atoms with van der Waals surface area (Å²) in [6.07, 6.45) is 6.43. The average molecular weight is 577 g/mol. The van der Waals surface area contributed by atoms with Crippen LogP contribution in [0.2, 0.25) is 0 Å². The summed E-state index contributed by atoms with van der Waals surface area (Å²) in [5.41, 5.74) is 1.92. The van der Waals surface area contributed by atoms with E-state index in [0.29, 0.717) is 25.7 Å². The minimum Gasteiger partial charge on any atom is -0.497 e. The second kappa shape index (κ2) is 10.2. The highest BCUT2D eigenvalue weighted by molar-refractivity contribution is 7.86. The number of carbonyl (C=O) groups is 2. The molecule has 0 spiro atoms. The average Bonchev–Trinajstić information content (AvgIpc) is 3.18. The molecular weight excluding hydrogens is 536 g/mol. The predicted molar refractivity (Wildman–Crippen MR) is 157 cm³/mol. The molecule has 6 rings (SSSR count). The summed E-state index contributed by atoms with van der Waals surface area (Å²) in [4.78, 5) is 27.9. The van der Waals surface area contributed by atoms with E-state index in [4.69, 9.17) is 8.92 Å². The van der Waals surface area contributed by atoms with E-state index in [1.807, 2.05) is 44.2 Å². The van der Waals surface area contributed by atoms with Gasteiger partial charge in [-0.1, -0.05) is 43.7 Å². The topological polar surface area (TPSA) is 86.7 Å². The summed E-state index contributed by atoms with van der Waals surface area (Å²) < 4.78 is 37.0. The quantitative estimate of drug-likeness (QED) is 0.296. The first-order chi connectivity index (χ1) is 19.4. The van der Waals surface area contributed by atoms with Crippen LogP contribution in [0.25, 0.3) is 6.08 Å². The monoisotopic (exact) mass is 576 g/mol. The van der Waals surface area contributed by atoms with Crippen LogP contribution in [0.3, 0.4) is 0 Å². The summed E-state index contributed by atoms with van der Waals surface area (Å²) in [6, 6.07) is 14.5. The SMILES string of the molecule is COc1ccc(/C=C2\C[C@H]3[C@@H]4CC[C@H]5C[C@@H](OS(=O)(=O)c6ccc(C)cc6)CC[C@]5(C)[C@H]4C(=O)C[C@]3(C)C2=O)cc1. The molecule has 0 unspecified atom stereocenters. The number of allylic oxidation sites excluding steroid dienone is 1. The Balaban J connectivity index is 1.21. The third-order valence-electron chi connectivity index (χ3n) is 11.0. The van der Waals surface area contributed by atoms with Crippen molar-refractivity contribution in [2.24, 2.45) is 34.5 Å². The van der Waals surface area contributed by atoms with E-state index in [-0.39, 0.29) is 51.7 Å². The summed E-state index contributed by atoms with van der Waals surface area (Å²) in [7, 11) is -2.21. The second-order valence-corrected chi connectivity index (χ2v) is 14.9. The van der Waals surface area contributed by atoms with Crippen LogP contribution in [0.5, 0.6) is 5.75 Å². The summed E-state index contributed by atoms with van der Waals surface area (Å²) in [5, 5.41) is 0. The highest BCUT2D eigenvalue weighted by Gasteiger charge is 2.64. The maximum atomic E-state index is 13.9. The van der Waals surface area contributed by atoms with Crippen molar-refractivity contribution >= 4 is 27.8 Å². The van der Waals surface area contributed by atoms with Crippen LogP contribution in [0, 0.1) is 41.4 Å². The fourth-order valence-corrected chi connectivity index (χ4v) is 9.89. The number of benzene rings is 2. The molecule has 2 aromatic carbocycles. The van der Waals surface area contributed by atoms with Gasteiger partial charge in [0, 0.05) is 17.8 Å². The van der Waals surface area contributed by atoms with Crippen molar-refractivity contribution in [2.75, 3.05) is 7.11 Å². The molecule has 0 N–H and O–H groups in total. The smallest absolute Gasteiger partial charge is 0.297 e. The highest BCUT2D eigenvalue weighted by Crippen LogP contribution is 2.65. The number of hydrogen-bond donors (Lipinski definition) is 0. The molecule has 0 amide bonds. The van der Waals surface area contributed by atoms with E-state index in [1.54, 1.807) is 31.4 Å². The maximum Gasteiger partial charge on any atom is 0.297 e. The van der Waals surface area contributed by atoms with E-state index in [0.717, 1.165) is 41.7 Å². The second-order valence-electron chi connectivity index (χ2n) is 13.3. The molecule has 4 saturated carbocycles. The van der Waals surface area contributed by atoms with Gasteiger partial charge in [-0.2, -0.15) is 8.42 Å². The molecule has 6 nitrogen and oxygen atoms in total. The van der Waals surface area contributed by atoms with Gasteiger partial charge in [0.05, 0.1) is 18.1 Å². The molecule has 218 valence electrons. The van der Waals surface area contributed by atoms with Crippen molar-refractivity contribution in [3.05, 3.63) is 65.2 Å². The van der Waals surface area contributed by atoms with E-state index < -0.39 is 15.5 Å². The molecule has 2 aromatic rings. The molecule has 7 heteroatoms. The molecule has 0 saturated heterocycles. The van der Waals surface area contributed by atoms with Gasteiger partial charge in [-0.25, -0.2) is 0 Å². The third kappa shape index (κ3) is 4.79. The largest absolute Gasteiger partial charge is 0.497 e. The number of carbonyl (C=O) groups excluding carboxylic acids is 2. The van der Waals surface area contributed by atoms with E-state index in [2.05, 4.69) is 6.92 Å². The Morgan fingerprint density at radius 1 is 0.951 bits per heavy atom. The predicted octanol–water partition coefficient (Wildman–Crippen LogP) is 6.56. The zero-order valence-electron chi connectivity index (χ0n) is 24.4. The number of hydrogen-bond acceptors (Lipinski definition) is 6. The zero-order valence-corrected chi connectivity index (χ0v) is 25.2. The molecule has 0 heterocycles. The van der Waals surface area contributed by atoms with Gasteiger partial charge in [0.15, 0.2) is 5.78 Å². The van der Waals surface area contributed by atoms with Crippen LogP contribution in [0.4, 0.5) is 0 Å². The molecule has 41 heavy (non-hydrogen) atoms. The van der Waals surface area contributed by atoms with Gasteiger partial charge < -0.3 is 4.74 Å². The first kappa shape index (κ1) is 28.4. The molecule has 0 bridgehead atoms. The fraction of sp³-hybridized carbons (Fsp3) is 0.529. The van der Waals surface area contributed by atoms with Crippen LogP contribution < -0.4 is 4.74 Å². The van der Waals surface area contributed by atoms with Crippen LogP contribution in [-0.4, -0.2) is 33.2 Å². The summed E-state index contributed by atoms with van der Waals surface area (Å²) in [6.45, 7) is 6.17. The molecule has 0 aliphatic heterocycles. The first-order valence-electron chi connectivity index (χ1n) is 14.9. The Labute approximate surface area is 243 Å². The Morgan fingerprint density at radius 2 is 1.66 bits per heavy atom. The van der Waals surface area contributed by atoms with Crippen molar-refractivity contribution < 1.29 is 26.9 Å². The van der Waals surface area contributed by atoms with Gasteiger partial charge >= 0.3 is 0 Å². The Bertz CT molecular complexity index is 1490. The van der Waals surface area contributed by atoms with Crippen LogP contribution in [-0.2, 0) is 23.9 Å². The number of Topliss-reactive ketones (excluding diaryl/α,β-unsaturated/α-hetero) is 2. The number of ether oxygens (including phenoxy) is 1. The van der Waals surface area contributed by atoms with E-state index >= 15 is 0 Å². The van der Waals surface area contributed by atoms with Crippen LogP contribution >= 0.6 is 0 Å². The third-order valence-corrected chi connectivity index (χ3v) is 12.4. The first-order valence-corrected chi connectivity index (χ1v) is 16.3. The van der Waals surface area contributed by atoms with Crippen molar-refractivity contribution in [3.63, 3.8) is 0 Å². The van der Waals surface area contributed by atoms with Crippen LogP contribution in [0.15, 0.2) is 59.0 Å². The van der Waals surface area contributed by atoms with E-state index in [9.17, 15) is 18.0 Å². The Kier molecular flexibility index (Phi) is 7.05. The lowest BCUT2D eigenvalue weighted by Gasteiger charge is -2.59. The Morgan fingerprint density at radius 3 is 2.34 bits per heavy atom. The van der Waals surface area contributed by atoms with Gasteiger partial charge in [0.2, 0.25) is 0 Å². The van der Waals surface area contributed by atoms with Gasteiger partial charge in [0.25, 0.3) is 10.1 Å². The molecule has 4 aliphatic rings. The maximum absolute atomic E-state index is 13.9. The number of ketones is 2. The molecule has 0 aromatic heterocycles. The van der Waals surface area contributed by atoms with Crippen LogP contribution in [0.1, 0.15) is 69.9 Å². The van der Waals surface area contributed by atoms with Crippen molar-refractivity contribution in [1.29, 1.82) is 0 Å². The Hall–Kier alpha value is -2.77. The van der Waals surface area contributed by atoms with Crippen molar-refractivity contribution in [2.45, 2.75) is 76.7 Å². The summed E-state index contributed by atoms with van der Waals surface area (Å²) >= 11 is 0. The normalized spacial score (nSPS) is 36.0.